The van der Waals surface area contributed by atoms with Crippen LogP contribution in [0.15, 0.2) is 18.2 Å². The average molecular weight is 313 g/mol. The van der Waals surface area contributed by atoms with E-state index in [1.54, 1.807) is 18.2 Å². The monoisotopic (exact) mass is 313 g/mol. The summed E-state index contributed by atoms with van der Waals surface area (Å²) in [6.07, 6.45) is 0.422. The topological polar surface area (TPSA) is 83.9 Å². The van der Waals surface area contributed by atoms with Gasteiger partial charge >= 0.3 is 5.97 Å². The summed E-state index contributed by atoms with van der Waals surface area (Å²) in [6, 6.07) is 4.99. The number of hydrogen-bond acceptors (Lipinski definition) is 4. The molecular formula is C14H19NO5S. The zero-order valence-corrected chi connectivity index (χ0v) is 12.7. The number of fused-ring (bicyclic) bond motifs is 1. The van der Waals surface area contributed by atoms with Crippen LogP contribution in [0.25, 0.3) is 0 Å². The summed E-state index contributed by atoms with van der Waals surface area (Å²) >= 11 is 0. The molecule has 1 aromatic carbocycles. The molecule has 21 heavy (non-hydrogen) atoms. The Bertz CT molecular complexity index is 626. The summed E-state index contributed by atoms with van der Waals surface area (Å²) in [5.41, 5.74) is 1.77. The van der Waals surface area contributed by atoms with Crippen molar-refractivity contribution >= 4 is 16.0 Å². The molecule has 2 rings (SSSR count). The van der Waals surface area contributed by atoms with E-state index in [0.29, 0.717) is 19.6 Å². The average Bonchev–Trinajstić information content (AvgIpc) is 2.46. The highest BCUT2D eigenvalue weighted by Gasteiger charge is 2.28. The second-order valence-corrected chi connectivity index (χ2v) is 6.93. The van der Waals surface area contributed by atoms with Crippen LogP contribution in [0.4, 0.5) is 0 Å². The molecule has 0 unspecified atom stereocenters. The second-order valence-electron chi connectivity index (χ2n) is 4.84. The van der Waals surface area contributed by atoms with Gasteiger partial charge in [-0.15, -0.1) is 0 Å². The summed E-state index contributed by atoms with van der Waals surface area (Å²) in [4.78, 5) is 11.2. The molecule has 0 aliphatic carbocycles. The molecule has 6 nitrogen and oxygen atoms in total. The maximum atomic E-state index is 12.2. The molecule has 1 heterocycles. The lowest BCUT2D eigenvalue weighted by atomic mass is 9.95. The predicted molar refractivity (Wildman–Crippen MR) is 77.8 cm³/mol. The van der Waals surface area contributed by atoms with E-state index in [1.165, 1.54) is 4.31 Å². The number of carbonyl (C=O) groups is 1. The third-order valence-electron chi connectivity index (χ3n) is 3.54. The first kappa shape index (κ1) is 15.9. The first-order chi connectivity index (χ1) is 9.95. The lowest BCUT2D eigenvalue weighted by Crippen LogP contribution is -2.38. The molecule has 0 radical (unpaired) electrons. The zero-order chi connectivity index (χ0) is 15.5. The quantitative estimate of drug-likeness (QED) is 0.795. The Morgan fingerprint density at radius 3 is 2.86 bits per heavy atom. The zero-order valence-electron chi connectivity index (χ0n) is 11.9. The molecule has 1 aromatic rings. The van der Waals surface area contributed by atoms with Crippen LogP contribution in [-0.4, -0.2) is 49.3 Å². The van der Waals surface area contributed by atoms with Crippen LogP contribution in [0.1, 0.15) is 28.4 Å². The van der Waals surface area contributed by atoms with E-state index in [2.05, 4.69) is 0 Å². The van der Waals surface area contributed by atoms with Crippen molar-refractivity contribution in [2.24, 2.45) is 0 Å². The number of carboxylic acids is 1. The van der Waals surface area contributed by atoms with Gasteiger partial charge in [-0.05, 0) is 30.5 Å². The molecule has 1 N–H and O–H groups in total. The highest BCUT2D eigenvalue weighted by Crippen LogP contribution is 2.24. The first-order valence-corrected chi connectivity index (χ1v) is 8.46. The normalized spacial score (nSPS) is 15.7. The van der Waals surface area contributed by atoms with Gasteiger partial charge in [-0.1, -0.05) is 12.1 Å². The molecule has 0 bridgehead atoms. The Morgan fingerprint density at radius 1 is 1.43 bits per heavy atom. The molecule has 7 heteroatoms. The molecule has 0 atom stereocenters. The third-order valence-corrected chi connectivity index (χ3v) is 5.33. The molecule has 0 saturated carbocycles. The number of aromatic carboxylic acids is 1. The molecule has 0 amide bonds. The smallest absolute Gasteiger partial charge is 0.335 e. The standard InChI is InChI=1S/C14H19NO5S/c1-2-20-8-9-21(18,19)15-7-6-12-11(10-15)4-3-5-13(12)14(16)17/h3-5H,2,6-10H2,1H3,(H,16,17). The minimum absolute atomic E-state index is 0.0468. The van der Waals surface area contributed by atoms with E-state index in [-0.39, 0.29) is 24.5 Å². The Morgan fingerprint density at radius 2 is 2.19 bits per heavy atom. The number of hydrogen-bond donors (Lipinski definition) is 1. The van der Waals surface area contributed by atoms with Crippen LogP contribution in [0.3, 0.4) is 0 Å². The molecular weight excluding hydrogens is 294 g/mol. The molecule has 1 aliphatic rings. The fraction of sp³-hybridized carbons (Fsp3) is 0.500. The van der Waals surface area contributed by atoms with Crippen LogP contribution < -0.4 is 0 Å². The summed E-state index contributed by atoms with van der Waals surface area (Å²) in [6.45, 7) is 3.02. The van der Waals surface area contributed by atoms with Crippen molar-refractivity contribution in [1.29, 1.82) is 0 Å². The molecule has 116 valence electrons. The summed E-state index contributed by atoms with van der Waals surface area (Å²) < 4.78 is 30.9. The van der Waals surface area contributed by atoms with Gasteiger partial charge in [-0.2, -0.15) is 4.31 Å². The third kappa shape index (κ3) is 3.61. The first-order valence-electron chi connectivity index (χ1n) is 6.85. The van der Waals surface area contributed by atoms with Crippen molar-refractivity contribution in [1.82, 2.24) is 4.31 Å². The van der Waals surface area contributed by atoms with E-state index in [0.717, 1.165) is 11.1 Å². The van der Waals surface area contributed by atoms with Gasteiger partial charge in [0.05, 0.1) is 17.9 Å². The van der Waals surface area contributed by atoms with Gasteiger partial charge in [-0.25, -0.2) is 13.2 Å². The number of sulfonamides is 1. The van der Waals surface area contributed by atoms with E-state index in [1.807, 2.05) is 6.92 Å². The van der Waals surface area contributed by atoms with Gasteiger partial charge in [0.1, 0.15) is 0 Å². The second kappa shape index (κ2) is 6.55. The number of carboxylic acid groups (broad SMARTS) is 1. The number of nitrogens with zero attached hydrogens (tertiary/aromatic N) is 1. The SMILES string of the molecule is CCOCCS(=O)(=O)N1CCc2c(cccc2C(=O)O)C1. The van der Waals surface area contributed by atoms with E-state index in [4.69, 9.17) is 9.84 Å². The predicted octanol–water partition coefficient (Wildman–Crippen LogP) is 1.11. The summed E-state index contributed by atoms with van der Waals surface area (Å²) in [7, 11) is -3.37. The molecule has 0 saturated heterocycles. The number of rotatable bonds is 6. The lowest BCUT2D eigenvalue weighted by Gasteiger charge is -2.28. The van der Waals surface area contributed by atoms with Crippen LogP contribution in [0, 0.1) is 0 Å². The van der Waals surface area contributed by atoms with Crippen molar-refractivity contribution in [3.05, 3.63) is 34.9 Å². The summed E-state index contributed by atoms with van der Waals surface area (Å²) in [5.74, 6) is -1.02. The van der Waals surface area contributed by atoms with Crippen LogP contribution in [0.2, 0.25) is 0 Å². The Kier molecular flexibility index (Phi) is 4.97. The van der Waals surface area contributed by atoms with Gasteiger partial charge < -0.3 is 9.84 Å². The van der Waals surface area contributed by atoms with Crippen molar-refractivity contribution in [3.8, 4) is 0 Å². The Labute approximate surface area is 124 Å². The van der Waals surface area contributed by atoms with Crippen molar-refractivity contribution < 1.29 is 23.1 Å². The van der Waals surface area contributed by atoms with Gasteiger partial charge in [0.25, 0.3) is 0 Å². The largest absolute Gasteiger partial charge is 0.478 e. The van der Waals surface area contributed by atoms with Gasteiger partial charge in [-0.3, -0.25) is 0 Å². The van der Waals surface area contributed by atoms with Crippen molar-refractivity contribution in [2.75, 3.05) is 25.5 Å². The van der Waals surface area contributed by atoms with Gasteiger partial charge in [0, 0.05) is 19.7 Å². The molecule has 0 aromatic heterocycles. The Hall–Kier alpha value is -1.44. The van der Waals surface area contributed by atoms with Gasteiger partial charge in [0.2, 0.25) is 10.0 Å². The van der Waals surface area contributed by atoms with Crippen LogP contribution in [0.5, 0.6) is 0 Å². The highest BCUT2D eigenvalue weighted by molar-refractivity contribution is 7.89. The van der Waals surface area contributed by atoms with Crippen LogP contribution in [-0.2, 0) is 27.7 Å². The minimum Gasteiger partial charge on any atom is -0.478 e. The highest BCUT2D eigenvalue weighted by atomic mass is 32.2. The number of benzene rings is 1. The van der Waals surface area contributed by atoms with E-state index < -0.39 is 16.0 Å². The van der Waals surface area contributed by atoms with Crippen molar-refractivity contribution in [3.63, 3.8) is 0 Å². The van der Waals surface area contributed by atoms with E-state index in [9.17, 15) is 13.2 Å². The van der Waals surface area contributed by atoms with Crippen LogP contribution >= 0.6 is 0 Å². The minimum atomic E-state index is -3.37. The fourth-order valence-corrected chi connectivity index (χ4v) is 3.75. The Balaban J connectivity index is 2.16. The molecule has 0 fully saturated rings. The van der Waals surface area contributed by atoms with Crippen molar-refractivity contribution in [2.45, 2.75) is 19.9 Å². The lowest BCUT2D eigenvalue weighted by molar-refractivity contribution is 0.0695. The number of ether oxygens (including phenoxy) is 1. The molecule has 0 spiro atoms. The van der Waals surface area contributed by atoms with Gasteiger partial charge in [0.15, 0.2) is 0 Å². The maximum absolute atomic E-state index is 12.2. The summed E-state index contributed by atoms with van der Waals surface area (Å²) in [5, 5.41) is 9.16. The fourth-order valence-electron chi connectivity index (χ4n) is 2.46. The maximum Gasteiger partial charge on any atom is 0.335 e. The molecule has 1 aliphatic heterocycles. The van der Waals surface area contributed by atoms with E-state index >= 15 is 0 Å².